The van der Waals surface area contributed by atoms with Crippen molar-refractivity contribution in [2.45, 2.75) is 19.3 Å². The van der Waals surface area contributed by atoms with Crippen LogP contribution in [0, 0.1) is 5.92 Å². The third kappa shape index (κ3) is 3.49. The van der Waals surface area contributed by atoms with Crippen molar-refractivity contribution in [3.63, 3.8) is 0 Å². The fourth-order valence-electron chi connectivity index (χ4n) is 2.07. The van der Waals surface area contributed by atoms with Crippen molar-refractivity contribution >= 4 is 15.9 Å². The first-order valence-corrected chi connectivity index (χ1v) is 6.73. The predicted molar refractivity (Wildman–Crippen MR) is 69.8 cm³/mol. The molecule has 1 aliphatic heterocycles. The number of rotatable bonds is 4. The van der Waals surface area contributed by atoms with Gasteiger partial charge in [0, 0.05) is 0 Å². The first kappa shape index (κ1) is 11.9. The van der Waals surface area contributed by atoms with Gasteiger partial charge >= 0.3 is 0 Å². The average molecular weight is 284 g/mol. The number of benzene rings is 1. The van der Waals surface area contributed by atoms with Crippen LogP contribution in [0.15, 0.2) is 28.7 Å². The molecule has 2 nitrogen and oxygen atoms in total. The largest absolute Gasteiger partial charge is 0.492 e. The molecule has 0 saturated carbocycles. The van der Waals surface area contributed by atoms with Gasteiger partial charge in [-0.1, -0.05) is 12.1 Å². The number of hydrogen-bond acceptors (Lipinski definition) is 2. The van der Waals surface area contributed by atoms with Gasteiger partial charge in [-0.2, -0.15) is 0 Å². The highest BCUT2D eigenvalue weighted by Crippen LogP contribution is 2.24. The highest BCUT2D eigenvalue weighted by atomic mass is 79.9. The summed E-state index contributed by atoms with van der Waals surface area (Å²) in [5, 5.41) is 3.38. The average Bonchev–Trinajstić information content (AvgIpc) is 2.33. The van der Waals surface area contributed by atoms with Crippen LogP contribution < -0.4 is 10.1 Å². The molecule has 0 unspecified atom stereocenters. The normalized spacial score (nSPS) is 17.3. The Morgan fingerprint density at radius 1 is 1.25 bits per heavy atom. The van der Waals surface area contributed by atoms with E-state index in [-0.39, 0.29) is 0 Å². The molecule has 0 atom stereocenters. The third-order valence-electron chi connectivity index (χ3n) is 3.08. The molecule has 0 radical (unpaired) electrons. The Kier molecular flexibility index (Phi) is 4.67. The number of ether oxygens (including phenoxy) is 1. The zero-order valence-electron chi connectivity index (χ0n) is 9.42. The van der Waals surface area contributed by atoms with Gasteiger partial charge < -0.3 is 10.1 Å². The molecule has 0 aromatic heterocycles. The van der Waals surface area contributed by atoms with Gasteiger partial charge in [0.05, 0.1) is 11.1 Å². The molecule has 1 aromatic carbocycles. The van der Waals surface area contributed by atoms with Crippen molar-refractivity contribution < 1.29 is 4.74 Å². The maximum atomic E-state index is 5.77. The lowest BCUT2D eigenvalue weighted by Crippen LogP contribution is -2.28. The van der Waals surface area contributed by atoms with E-state index in [0.717, 1.165) is 22.7 Å². The smallest absolute Gasteiger partial charge is 0.133 e. The van der Waals surface area contributed by atoms with Crippen LogP contribution in [0.2, 0.25) is 0 Å². The van der Waals surface area contributed by atoms with Crippen LogP contribution in [0.1, 0.15) is 19.3 Å². The van der Waals surface area contributed by atoms with E-state index in [4.69, 9.17) is 4.74 Å². The van der Waals surface area contributed by atoms with Gasteiger partial charge in [-0.3, -0.25) is 0 Å². The van der Waals surface area contributed by atoms with E-state index in [1.807, 2.05) is 24.3 Å². The van der Waals surface area contributed by atoms with Crippen molar-refractivity contribution in [1.82, 2.24) is 5.32 Å². The number of para-hydroxylation sites is 1. The molecule has 1 aliphatic rings. The quantitative estimate of drug-likeness (QED) is 0.916. The summed E-state index contributed by atoms with van der Waals surface area (Å²) in [5.41, 5.74) is 0. The van der Waals surface area contributed by atoms with Gasteiger partial charge in [0.2, 0.25) is 0 Å². The fourth-order valence-corrected chi connectivity index (χ4v) is 2.47. The Morgan fingerprint density at radius 3 is 2.75 bits per heavy atom. The number of piperidine rings is 1. The number of hydrogen-bond donors (Lipinski definition) is 1. The van der Waals surface area contributed by atoms with Gasteiger partial charge in [0.1, 0.15) is 5.75 Å². The van der Waals surface area contributed by atoms with E-state index in [9.17, 15) is 0 Å². The molecule has 1 heterocycles. The third-order valence-corrected chi connectivity index (χ3v) is 3.73. The lowest BCUT2D eigenvalue weighted by molar-refractivity contribution is 0.251. The van der Waals surface area contributed by atoms with Gasteiger partial charge in [-0.15, -0.1) is 0 Å². The van der Waals surface area contributed by atoms with Gasteiger partial charge in [0.15, 0.2) is 0 Å². The highest BCUT2D eigenvalue weighted by Gasteiger charge is 2.12. The summed E-state index contributed by atoms with van der Waals surface area (Å²) in [6.07, 6.45) is 3.75. The van der Waals surface area contributed by atoms with E-state index in [1.165, 1.54) is 32.4 Å². The fraction of sp³-hybridized carbons (Fsp3) is 0.538. The van der Waals surface area contributed by atoms with E-state index >= 15 is 0 Å². The van der Waals surface area contributed by atoms with Crippen LogP contribution in [-0.4, -0.2) is 19.7 Å². The zero-order chi connectivity index (χ0) is 11.2. The van der Waals surface area contributed by atoms with E-state index in [2.05, 4.69) is 21.2 Å². The molecule has 1 fully saturated rings. The topological polar surface area (TPSA) is 21.3 Å². The van der Waals surface area contributed by atoms with Crippen molar-refractivity contribution in [3.8, 4) is 5.75 Å². The zero-order valence-corrected chi connectivity index (χ0v) is 11.0. The van der Waals surface area contributed by atoms with Gasteiger partial charge in [-0.05, 0) is 66.3 Å². The lowest BCUT2D eigenvalue weighted by Gasteiger charge is -2.22. The summed E-state index contributed by atoms with van der Waals surface area (Å²) >= 11 is 3.49. The molecule has 3 heteroatoms. The van der Waals surface area contributed by atoms with Crippen LogP contribution in [0.25, 0.3) is 0 Å². The molecule has 88 valence electrons. The van der Waals surface area contributed by atoms with Gasteiger partial charge in [0.25, 0.3) is 0 Å². The van der Waals surface area contributed by atoms with Crippen LogP contribution in [0.4, 0.5) is 0 Å². The van der Waals surface area contributed by atoms with Crippen molar-refractivity contribution in [1.29, 1.82) is 0 Å². The van der Waals surface area contributed by atoms with Crippen LogP contribution in [0.3, 0.4) is 0 Å². The molecule has 16 heavy (non-hydrogen) atoms. The monoisotopic (exact) mass is 283 g/mol. The summed E-state index contributed by atoms with van der Waals surface area (Å²) in [6.45, 7) is 3.16. The van der Waals surface area contributed by atoms with E-state index in [1.54, 1.807) is 0 Å². The van der Waals surface area contributed by atoms with Gasteiger partial charge in [-0.25, -0.2) is 0 Å². The van der Waals surface area contributed by atoms with E-state index in [0.29, 0.717) is 0 Å². The lowest BCUT2D eigenvalue weighted by atomic mass is 9.95. The molecule has 0 spiro atoms. The Balaban J connectivity index is 1.73. The summed E-state index contributed by atoms with van der Waals surface area (Å²) < 4.78 is 6.81. The minimum Gasteiger partial charge on any atom is -0.492 e. The number of halogens is 1. The van der Waals surface area contributed by atoms with Crippen LogP contribution >= 0.6 is 15.9 Å². The molecular weight excluding hydrogens is 266 g/mol. The first-order chi connectivity index (χ1) is 7.86. The van der Waals surface area contributed by atoms with E-state index < -0.39 is 0 Å². The predicted octanol–water partition coefficient (Wildman–Crippen LogP) is 3.22. The Morgan fingerprint density at radius 2 is 2.00 bits per heavy atom. The highest BCUT2D eigenvalue weighted by molar-refractivity contribution is 9.10. The minimum absolute atomic E-state index is 0.827. The number of nitrogens with one attached hydrogen (secondary N) is 1. The molecule has 0 bridgehead atoms. The van der Waals surface area contributed by atoms with Crippen molar-refractivity contribution in [3.05, 3.63) is 28.7 Å². The SMILES string of the molecule is Brc1ccccc1OCCC1CCNCC1. The second-order valence-corrected chi connectivity index (χ2v) is 5.12. The Bertz CT molecular complexity index is 323. The molecule has 1 aromatic rings. The second-order valence-electron chi connectivity index (χ2n) is 4.26. The van der Waals surface area contributed by atoms with Crippen molar-refractivity contribution in [2.24, 2.45) is 5.92 Å². The molecule has 1 saturated heterocycles. The maximum Gasteiger partial charge on any atom is 0.133 e. The minimum atomic E-state index is 0.827. The van der Waals surface area contributed by atoms with Crippen LogP contribution in [0.5, 0.6) is 5.75 Å². The molecule has 0 amide bonds. The molecule has 2 rings (SSSR count). The van der Waals surface area contributed by atoms with Crippen LogP contribution in [-0.2, 0) is 0 Å². The first-order valence-electron chi connectivity index (χ1n) is 5.94. The second kappa shape index (κ2) is 6.26. The summed E-state index contributed by atoms with van der Waals surface area (Å²) in [4.78, 5) is 0. The molecular formula is C13H18BrNO. The molecule has 0 aliphatic carbocycles. The maximum absolute atomic E-state index is 5.77. The molecule has 1 N–H and O–H groups in total. The summed E-state index contributed by atoms with van der Waals surface area (Å²) in [6, 6.07) is 8.03. The summed E-state index contributed by atoms with van der Waals surface area (Å²) in [5.74, 6) is 1.79. The van der Waals surface area contributed by atoms with Crippen molar-refractivity contribution in [2.75, 3.05) is 19.7 Å². The summed E-state index contributed by atoms with van der Waals surface area (Å²) in [7, 11) is 0. The Labute approximate surface area is 106 Å². The standard InChI is InChI=1S/C13H18BrNO/c14-12-3-1-2-4-13(12)16-10-7-11-5-8-15-9-6-11/h1-4,11,15H,5-10H2. The Hall–Kier alpha value is -0.540.